The second-order valence-corrected chi connectivity index (χ2v) is 10.5. The zero-order valence-electron chi connectivity index (χ0n) is 17.2. The number of aromatic nitrogens is 5. The Labute approximate surface area is 189 Å². The number of carbonyl (C=O) groups excluding carboxylic acids is 1. The standard InChI is InChI=1S/C23H25BrN6O/c24-21-25-15-30(28-21)23-9-17-6-18(10-23)8-22(7-17,14-23)20(31)27-19-11-26-29(13-19)12-16-4-2-1-3-5-16/h1-5,11,13,15,17-18H,6-10,12,14H2,(H,27,31). The van der Waals surface area contributed by atoms with Gasteiger partial charge in [-0.3, -0.25) is 9.48 Å². The third-order valence-electron chi connectivity index (χ3n) is 7.54. The quantitative estimate of drug-likeness (QED) is 0.592. The number of halogens is 1. The summed E-state index contributed by atoms with van der Waals surface area (Å²) in [5.41, 5.74) is 1.54. The van der Waals surface area contributed by atoms with Gasteiger partial charge in [0, 0.05) is 6.20 Å². The Kier molecular flexibility index (Phi) is 4.35. The number of nitrogens with one attached hydrogen (secondary N) is 1. The molecule has 2 atom stereocenters. The highest BCUT2D eigenvalue weighted by molar-refractivity contribution is 9.10. The first-order valence-electron chi connectivity index (χ1n) is 11.0. The van der Waals surface area contributed by atoms with Gasteiger partial charge in [-0.25, -0.2) is 9.67 Å². The Balaban J connectivity index is 1.22. The minimum atomic E-state index is -0.329. The van der Waals surface area contributed by atoms with Crippen molar-refractivity contribution < 1.29 is 4.79 Å². The molecule has 0 aliphatic heterocycles. The molecule has 0 saturated heterocycles. The fourth-order valence-corrected chi connectivity index (χ4v) is 7.03. The first-order chi connectivity index (χ1) is 15.0. The largest absolute Gasteiger partial charge is 0.323 e. The van der Waals surface area contributed by atoms with Gasteiger partial charge in [0.05, 0.1) is 29.4 Å². The molecule has 4 bridgehead atoms. The van der Waals surface area contributed by atoms with E-state index in [1.165, 1.54) is 12.0 Å². The Morgan fingerprint density at radius 2 is 1.94 bits per heavy atom. The average molecular weight is 481 g/mol. The van der Waals surface area contributed by atoms with Crippen LogP contribution in [0.1, 0.15) is 44.1 Å². The Bertz CT molecular complexity index is 1110. The molecule has 4 fully saturated rings. The molecule has 8 heteroatoms. The van der Waals surface area contributed by atoms with E-state index in [2.05, 4.69) is 48.6 Å². The molecule has 2 aromatic heterocycles. The molecule has 1 aromatic carbocycles. The van der Waals surface area contributed by atoms with Gasteiger partial charge in [0.15, 0.2) is 0 Å². The minimum Gasteiger partial charge on any atom is -0.323 e. The summed E-state index contributed by atoms with van der Waals surface area (Å²) in [5, 5.41) is 12.2. The van der Waals surface area contributed by atoms with E-state index in [9.17, 15) is 4.79 Å². The van der Waals surface area contributed by atoms with Crippen LogP contribution in [0.4, 0.5) is 5.69 Å². The molecular formula is C23H25BrN6O. The average Bonchev–Trinajstić information content (AvgIpc) is 3.37. The van der Waals surface area contributed by atoms with Crippen molar-refractivity contribution in [2.45, 2.75) is 50.6 Å². The normalized spacial score (nSPS) is 31.1. The van der Waals surface area contributed by atoms with E-state index in [-0.39, 0.29) is 16.9 Å². The molecule has 1 amide bonds. The van der Waals surface area contributed by atoms with Gasteiger partial charge in [-0.2, -0.15) is 5.10 Å². The number of hydrogen-bond donors (Lipinski definition) is 1. The number of benzene rings is 1. The molecule has 7 rings (SSSR count). The maximum absolute atomic E-state index is 13.6. The second kappa shape index (κ2) is 7.02. The first kappa shape index (κ1) is 19.2. The summed E-state index contributed by atoms with van der Waals surface area (Å²) in [6.07, 6.45) is 11.7. The first-order valence-corrected chi connectivity index (χ1v) is 11.8. The lowest BCUT2D eigenvalue weighted by atomic mass is 9.46. The van der Waals surface area contributed by atoms with Gasteiger partial charge in [0.25, 0.3) is 0 Å². The lowest BCUT2D eigenvalue weighted by molar-refractivity contribution is -0.150. The van der Waals surface area contributed by atoms with Crippen molar-refractivity contribution in [3.8, 4) is 0 Å². The van der Waals surface area contributed by atoms with Crippen LogP contribution < -0.4 is 5.32 Å². The van der Waals surface area contributed by atoms with Crippen LogP contribution in [0.15, 0.2) is 53.8 Å². The molecule has 0 radical (unpaired) electrons. The summed E-state index contributed by atoms with van der Waals surface area (Å²) in [7, 11) is 0. The number of carbonyl (C=O) groups is 1. The summed E-state index contributed by atoms with van der Waals surface area (Å²) in [4.78, 5) is 17.9. The molecule has 4 aliphatic carbocycles. The van der Waals surface area contributed by atoms with Gasteiger partial charge in [-0.05, 0) is 71.9 Å². The second-order valence-electron chi connectivity index (χ2n) is 9.79. The van der Waals surface area contributed by atoms with Gasteiger partial charge >= 0.3 is 0 Å². The number of amides is 1. The Morgan fingerprint density at radius 1 is 1.16 bits per heavy atom. The van der Waals surface area contributed by atoms with Crippen LogP contribution in [-0.2, 0) is 16.9 Å². The summed E-state index contributed by atoms with van der Waals surface area (Å²) in [5.74, 6) is 1.30. The minimum absolute atomic E-state index is 0.0854. The fourth-order valence-electron chi connectivity index (χ4n) is 6.77. The molecule has 3 aromatic rings. The van der Waals surface area contributed by atoms with Crippen LogP contribution in [0.3, 0.4) is 0 Å². The van der Waals surface area contributed by atoms with Crippen molar-refractivity contribution in [3.63, 3.8) is 0 Å². The van der Waals surface area contributed by atoms with Gasteiger partial charge in [-0.1, -0.05) is 30.3 Å². The van der Waals surface area contributed by atoms with Gasteiger partial charge in [0.2, 0.25) is 10.6 Å². The van der Waals surface area contributed by atoms with Crippen molar-refractivity contribution in [2.75, 3.05) is 5.32 Å². The summed E-state index contributed by atoms with van der Waals surface area (Å²) < 4.78 is 4.53. The molecule has 7 nitrogen and oxygen atoms in total. The van der Waals surface area contributed by atoms with Crippen LogP contribution in [-0.4, -0.2) is 30.5 Å². The SMILES string of the molecule is O=C(Nc1cnn(Cc2ccccc2)c1)C12CC3CC(C1)CC(n1cnc(Br)n1)(C3)C2. The smallest absolute Gasteiger partial charge is 0.230 e. The lowest BCUT2D eigenvalue weighted by Crippen LogP contribution is -2.60. The molecule has 2 unspecified atom stereocenters. The molecule has 4 aliphatic rings. The van der Waals surface area contributed by atoms with E-state index in [0.29, 0.717) is 23.1 Å². The maximum Gasteiger partial charge on any atom is 0.230 e. The van der Waals surface area contributed by atoms with Gasteiger partial charge in [-0.15, -0.1) is 5.10 Å². The van der Waals surface area contributed by atoms with Crippen molar-refractivity contribution in [2.24, 2.45) is 17.3 Å². The van der Waals surface area contributed by atoms with Crippen LogP contribution in [0.2, 0.25) is 0 Å². The third-order valence-corrected chi connectivity index (χ3v) is 7.90. The predicted molar refractivity (Wildman–Crippen MR) is 119 cm³/mol. The van der Waals surface area contributed by atoms with E-state index in [0.717, 1.165) is 37.8 Å². The molecule has 4 saturated carbocycles. The molecule has 2 heterocycles. The Hall–Kier alpha value is -2.48. The van der Waals surface area contributed by atoms with Crippen molar-refractivity contribution >= 4 is 27.5 Å². The zero-order valence-corrected chi connectivity index (χ0v) is 18.8. The van der Waals surface area contributed by atoms with E-state index in [4.69, 9.17) is 0 Å². The summed E-state index contributed by atoms with van der Waals surface area (Å²) in [6.45, 7) is 0.691. The number of anilines is 1. The predicted octanol–water partition coefficient (Wildman–Crippen LogP) is 4.22. The van der Waals surface area contributed by atoms with Crippen LogP contribution in [0.25, 0.3) is 0 Å². The zero-order chi connectivity index (χ0) is 21.1. The van der Waals surface area contributed by atoms with E-state index < -0.39 is 0 Å². The topological polar surface area (TPSA) is 77.6 Å². The molecule has 31 heavy (non-hydrogen) atoms. The monoisotopic (exact) mass is 480 g/mol. The van der Waals surface area contributed by atoms with Crippen LogP contribution in [0, 0.1) is 17.3 Å². The van der Waals surface area contributed by atoms with Crippen molar-refractivity contribution in [1.82, 2.24) is 24.5 Å². The highest BCUT2D eigenvalue weighted by Gasteiger charge is 2.61. The lowest BCUT2D eigenvalue weighted by Gasteiger charge is -2.60. The van der Waals surface area contributed by atoms with Crippen molar-refractivity contribution in [1.29, 1.82) is 0 Å². The fraction of sp³-hybridized carbons (Fsp3) is 0.478. The highest BCUT2D eigenvalue weighted by atomic mass is 79.9. The van der Waals surface area contributed by atoms with Crippen LogP contribution in [0.5, 0.6) is 0 Å². The van der Waals surface area contributed by atoms with E-state index in [1.807, 2.05) is 40.1 Å². The van der Waals surface area contributed by atoms with Gasteiger partial charge < -0.3 is 5.32 Å². The third kappa shape index (κ3) is 3.32. The summed E-state index contributed by atoms with van der Waals surface area (Å²) in [6, 6.07) is 10.2. The van der Waals surface area contributed by atoms with Crippen molar-refractivity contribution in [3.05, 3.63) is 59.3 Å². The van der Waals surface area contributed by atoms with E-state index >= 15 is 0 Å². The number of rotatable bonds is 5. The number of nitrogens with zero attached hydrogens (tertiary/aromatic N) is 5. The number of hydrogen-bond acceptors (Lipinski definition) is 4. The molecular weight excluding hydrogens is 456 g/mol. The molecule has 160 valence electrons. The highest BCUT2D eigenvalue weighted by Crippen LogP contribution is 2.64. The maximum atomic E-state index is 13.6. The van der Waals surface area contributed by atoms with Crippen LogP contribution >= 0.6 is 15.9 Å². The van der Waals surface area contributed by atoms with Gasteiger partial charge in [0.1, 0.15) is 6.33 Å². The summed E-state index contributed by atoms with van der Waals surface area (Å²) >= 11 is 3.39. The van der Waals surface area contributed by atoms with E-state index in [1.54, 1.807) is 6.20 Å². The Morgan fingerprint density at radius 3 is 2.65 bits per heavy atom. The molecule has 1 N–H and O–H groups in total. The molecule has 0 spiro atoms.